The second-order valence-electron chi connectivity index (χ2n) is 6.66. The zero-order valence-corrected chi connectivity index (χ0v) is 16.8. The van der Waals surface area contributed by atoms with Gasteiger partial charge in [0.15, 0.2) is 0 Å². The number of nitrogens with zero attached hydrogens (tertiary/aromatic N) is 2. The van der Waals surface area contributed by atoms with Gasteiger partial charge in [-0.1, -0.05) is 13.0 Å². The summed E-state index contributed by atoms with van der Waals surface area (Å²) in [5.41, 5.74) is 3.39. The molecule has 3 rings (SSSR count). The van der Waals surface area contributed by atoms with Crippen molar-refractivity contribution in [2.24, 2.45) is 0 Å². The second kappa shape index (κ2) is 10.6. The molecule has 0 radical (unpaired) electrons. The number of anilines is 1. The van der Waals surface area contributed by atoms with Crippen molar-refractivity contribution in [1.29, 1.82) is 0 Å². The molecule has 150 valence electrons. The minimum absolute atomic E-state index is 0. The molecule has 0 saturated heterocycles. The summed E-state index contributed by atoms with van der Waals surface area (Å²) in [6.07, 6.45) is 7.64. The quantitative estimate of drug-likeness (QED) is 0.448. The fourth-order valence-corrected chi connectivity index (χ4v) is 3.45. The molecule has 0 aliphatic heterocycles. The molecule has 1 aromatic carbocycles. The van der Waals surface area contributed by atoms with Crippen LogP contribution in [0.4, 0.5) is 10.5 Å². The van der Waals surface area contributed by atoms with E-state index in [1.54, 1.807) is 12.4 Å². The van der Waals surface area contributed by atoms with Crippen LogP contribution in [0, 0.1) is 0 Å². The first-order valence-electron chi connectivity index (χ1n) is 9.39. The molecule has 0 saturated carbocycles. The average Bonchev–Trinajstić information content (AvgIpc) is 3.13. The number of hydrogen-bond donors (Lipinski definition) is 3. The monoisotopic (exact) mass is 402 g/mol. The lowest BCUT2D eigenvalue weighted by atomic mass is 10.0. The Morgan fingerprint density at radius 2 is 2.04 bits per heavy atom. The number of aromatic amines is 1. The molecule has 0 aliphatic carbocycles. The van der Waals surface area contributed by atoms with E-state index in [1.807, 2.05) is 18.3 Å². The molecule has 0 spiro atoms. The van der Waals surface area contributed by atoms with Crippen molar-refractivity contribution >= 4 is 35.1 Å². The topological polar surface area (TPSA) is 81.2 Å². The van der Waals surface area contributed by atoms with Crippen molar-refractivity contribution in [2.75, 3.05) is 11.4 Å². The molecule has 28 heavy (non-hydrogen) atoms. The lowest BCUT2D eigenvalue weighted by Gasteiger charge is -2.33. The van der Waals surface area contributed by atoms with Crippen LogP contribution in [0.25, 0.3) is 10.9 Å². The number of nitrogens with one attached hydrogen (secondary N) is 2. The van der Waals surface area contributed by atoms with Crippen LogP contribution in [-0.2, 0) is 6.42 Å². The van der Waals surface area contributed by atoms with E-state index in [0.717, 1.165) is 43.4 Å². The molecule has 2 heterocycles. The highest BCUT2D eigenvalue weighted by Gasteiger charge is 2.20. The number of benzene rings is 1. The average molecular weight is 403 g/mol. The van der Waals surface area contributed by atoms with Crippen molar-refractivity contribution in [1.82, 2.24) is 15.3 Å². The standard InChI is InChI=1S/C21H26N4O2.ClH/c1-2-14-25(18-9-11-22-12-10-18)20(24-21(26)27)5-3-4-16-6-7-19-17(15-16)8-13-23-19;/h6-13,15,20,23-24H,2-5,14H2,1H3,(H,26,27);1H. The second-order valence-corrected chi connectivity index (χ2v) is 6.66. The zero-order valence-electron chi connectivity index (χ0n) is 16.0. The summed E-state index contributed by atoms with van der Waals surface area (Å²) in [6, 6.07) is 12.3. The maximum atomic E-state index is 11.3. The van der Waals surface area contributed by atoms with Crippen LogP contribution in [-0.4, -0.2) is 33.9 Å². The highest BCUT2D eigenvalue weighted by atomic mass is 35.5. The van der Waals surface area contributed by atoms with Gasteiger partial charge < -0.3 is 20.3 Å². The molecular formula is C21H27ClN4O2. The van der Waals surface area contributed by atoms with Gasteiger partial charge in [0.05, 0.1) is 0 Å². The van der Waals surface area contributed by atoms with Gasteiger partial charge in [0.1, 0.15) is 6.17 Å². The van der Waals surface area contributed by atoms with Gasteiger partial charge >= 0.3 is 6.09 Å². The summed E-state index contributed by atoms with van der Waals surface area (Å²) in [5.74, 6) is 0. The maximum Gasteiger partial charge on any atom is 0.406 e. The number of H-pyrrole nitrogens is 1. The van der Waals surface area contributed by atoms with Crippen LogP contribution in [0.3, 0.4) is 0 Å². The van der Waals surface area contributed by atoms with E-state index in [0.29, 0.717) is 0 Å². The van der Waals surface area contributed by atoms with Crippen molar-refractivity contribution in [3.05, 3.63) is 60.6 Å². The fourth-order valence-electron chi connectivity index (χ4n) is 3.45. The van der Waals surface area contributed by atoms with E-state index in [1.165, 1.54) is 10.9 Å². The lowest BCUT2D eigenvalue weighted by Crippen LogP contribution is -2.48. The largest absolute Gasteiger partial charge is 0.465 e. The summed E-state index contributed by atoms with van der Waals surface area (Å²) in [6.45, 7) is 2.88. The van der Waals surface area contributed by atoms with Crippen molar-refractivity contribution < 1.29 is 9.90 Å². The Kier molecular flexibility index (Phi) is 8.14. The number of pyridine rings is 1. The summed E-state index contributed by atoms with van der Waals surface area (Å²) >= 11 is 0. The van der Waals surface area contributed by atoms with Crippen LogP contribution in [0.2, 0.25) is 0 Å². The Morgan fingerprint density at radius 3 is 2.75 bits per heavy atom. The Bertz CT molecular complexity index is 869. The van der Waals surface area contributed by atoms with Gasteiger partial charge in [-0.2, -0.15) is 0 Å². The van der Waals surface area contributed by atoms with Gasteiger partial charge in [-0.25, -0.2) is 4.79 Å². The van der Waals surface area contributed by atoms with E-state index < -0.39 is 6.09 Å². The van der Waals surface area contributed by atoms with Gasteiger partial charge in [0.25, 0.3) is 0 Å². The third kappa shape index (κ3) is 5.63. The number of amides is 1. The zero-order chi connectivity index (χ0) is 19.1. The Labute approximate surface area is 171 Å². The molecule has 0 fully saturated rings. The van der Waals surface area contributed by atoms with Gasteiger partial charge in [0.2, 0.25) is 0 Å². The number of fused-ring (bicyclic) bond motifs is 1. The summed E-state index contributed by atoms with van der Waals surface area (Å²) in [5, 5.41) is 13.2. The number of hydrogen-bond acceptors (Lipinski definition) is 3. The number of aromatic nitrogens is 2. The van der Waals surface area contributed by atoms with Crippen molar-refractivity contribution in [2.45, 2.75) is 38.8 Å². The van der Waals surface area contributed by atoms with Crippen LogP contribution in [0.15, 0.2) is 55.0 Å². The van der Waals surface area contributed by atoms with E-state index in [4.69, 9.17) is 0 Å². The van der Waals surface area contributed by atoms with Crippen molar-refractivity contribution in [3.63, 3.8) is 0 Å². The highest BCUT2D eigenvalue weighted by Crippen LogP contribution is 2.20. The molecule has 0 aliphatic rings. The van der Waals surface area contributed by atoms with Crippen molar-refractivity contribution in [3.8, 4) is 0 Å². The molecular weight excluding hydrogens is 376 g/mol. The van der Waals surface area contributed by atoms with E-state index in [2.05, 4.69) is 51.4 Å². The summed E-state index contributed by atoms with van der Waals surface area (Å²) < 4.78 is 0. The van der Waals surface area contributed by atoms with Crippen LogP contribution in [0.5, 0.6) is 0 Å². The minimum Gasteiger partial charge on any atom is -0.465 e. The van der Waals surface area contributed by atoms with Crippen LogP contribution >= 0.6 is 12.4 Å². The maximum absolute atomic E-state index is 11.3. The highest BCUT2D eigenvalue weighted by molar-refractivity contribution is 5.85. The molecule has 6 nitrogen and oxygen atoms in total. The minimum atomic E-state index is -0.996. The third-order valence-corrected chi connectivity index (χ3v) is 4.69. The number of halogens is 1. The first kappa shape index (κ1) is 21.6. The van der Waals surface area contributed by atoms with Gasteiger partial charge in [0, 0.05) is 36.3 Å². The summed E-state index contributed by atoms with van der Waals surface area (Å²) in [4.78, 5) is 20.7. The summed E-state index contributed by atoms with van der Waals surface area (Å²) in [7, 11) is 0. The number of rotatable bonds is 9. The molecule has 1 amide bonds. The molecule has 3 N–H and O–H groups in total. The van der Waals surface area contributed by atoms with Gasteiger partial charge in [-0.15, -0.1) is 12.4 Å². The first-order valence-corrected chi connectivity index (χ1v) is 9.39. The van der Waals surface area contributed by atoms with E-state index in [-0.39, 0.29) is 18.6 Å². The number of aryl methyl sites for hydroxylation is 1. The molecule has 0 bridgehead atoms. The SMILES string of the molecule is CCCN(c1ccncc1)C(CCCc1ccc2[nH]ccc2c1)NC(=O)O.Cl. The lowest BCUT2D eigenvalue weighted by molar-refractivity contribution is 0.188. The normalized spacial score (nSPS) is 11.6. The molecule has 3 aromatic rings. The van der Waals surface area contributed by atoms with Crippen LogP contribution in [0.1, 0.15) is 31.7 Å². The smallest absolute Gasteiger partial charge is 0.406 e. The Morgan fingerprint density at radius 1 is 1.25 bits per heavy atom. The van der Waals surface area contributed by atoms with Gasteiger partial charge in [-0.3, -0.25) is 4.98 Å². The van der Waals surface area contributed by atoms with E-state index >= 15 is 0 Å². The number of carboxylic acid groups (broad SMARTS) is 1. The van der Waals surface area contributed by atoms with Crippen LogP contribution < -0.4 is 10.2 Å². The van der Waals surface area contributed by atoms with Gasteiger partial charge in [-0.05, 0) is 67.0 Å². The molecule has 2 aromatic heterocycles. The molecule has 1 atom stereocenters. The third-order valence-electron chi connectivity index (χ3n) is 4.69. The first-order chi connectivity index (χ1) is 13.2. The fraction of sp³-hybridized carbons (Fsp3) is 0.333. The molecule has 1 unspecified atom stereocenters. The Balaban J connectivity index is 0.00000280. The predicted octanol–water partition coefficient (Wildman–Crippen LogP) is 4.82. The van der Waals surface area contributed by atoms with E-state index in [9.17, 15) is 9.90 Å². The number of carbonyl (C=O) groups is 1. The predicted molar refractivity (Wildman–Crippen MR) is 115 cm³/mol. The Hall–Kier alpha value is -2.73. The molecule has 7 heteroatoms.